The molecule has 0 radical (unpaired) electrons. The number of anilines is 2. The minimum Gasteiger partial charge on any atom is -0.384 e. The number of nitrogen functional groups attached to an aromatic ring is 1. The summed E-state index contributed by atoms with van der Waals surface area (Å²) in [6, 6.07) is 10.4. The van der Waals surface area contributed by atoms with Crippen LogP contribution in [-0.4, -0.2) is 57.7 Å². The van der Waals surface area contributed by atoms with Gasteiger partial charge in [-0.15, -0.1) is 0 Å². The average Bonchev–Trinajstić information content (AvgIpc) is 3.13. The van der Waals surface area contributed by atoms with Gasteiger partial charge in [0.15, 0.2) is 5.65 Å². The summed E-state index contributed by atoms with van der Waals surface area (Å²) >= 11 is 2.02. The number of benzene rings is 1. The molecule has 0 spiro atoms. The van der Waals surface area contributed by atoms with Crippen LogP contribution >= 0.6 is 11.8 Å². The summed E-state index contributed by atoms with van der Waals surface area (Å²) in [7, 11) is 2.12. The number of fused-ring (bicyclic) bond motifs is 2. The molecule has 28 heavy (non-hydrogen) atoms. The Bertz CT molecular complexity index is 1050. The van der Waals surface area contributed by atoms with Crippen molar-refractivity contribution in [1.29, 1.82) is 0 Å². The lowest BCUT2D eigenvalue weighted by molar-refractivity contribution is 0.291. The first-order chi connectivity index (χ1) is 13.7. The number of hydrogen-bond donors (Lipinski definition) is 1. The quantitative estimate of drug-likeness (QED) is 0.740. The Morgan fingerprint density at radius 3 is 2.86 bits per heavy atom. The Labute approximate surface area is 169 Å². The fraction of sp³-hybridized carbons (Fsp3) is 0.333. The van der Waals surface area contributed by atoms with Gasteiger partial charge in [-0.3, -0.25) is 4.90 Å². The van der Waals surface area contributed by atoms with Gasteiger partial charge in [0, 0.05) is 62.0 Å². The van der Waals surface area contributed by atoms with E-state index in [4.69, 9.17) is 10.7 Å². The Kier molecular flexibility index (Phi) is 4.49. The van der Waals surface area contributed by atoms with Crippen LogP contribution < -0.4 is 10.6 Å². The van der Waals surface area contributed by atoms with Crippen LogP contribution in [0.1, 0.15) is 16.8 Å². The van der Waals surface area contributed by atoms with E-state index in [9.17, 15) is 0 Å². The second-order valence-corrected chi connectivity index (χ2v) is 8.66. The summed E-state index contributed by atoms with van der Waals surface area (Å²) in [5.41, 5.74) is 12.9. The molecule has 0 saturated carbocycles. The number of nitrogens with two attached hydrogens (primary N) is 1. The van der Waals surface area contributed by atoms with E-state index in [-0.39, 0.29) is 0 Å². The van der Waals surface area contributed by atoms with Crippen LogP contribution in [0.25, 0.3) is 17.3 Å². The molecule has 0 atom stereocenters. The van der Waals surface area contributed by atoms with Gasteiger partial charge in [0.25, 0.3) is 0 Å². The van der Waals surface area contributed by atoms with Gasteiger partial charge in [-0.25, -0.2) is 4.98 Å². The van der Waals surface area contributed by atoms with Crippen molar-refractivity contribution >= 4 is 40.6 Å². The van der Waals surface area contributed by atoms with Crippen molar-refractivity contribution in [2.45, 2.75) is 6.54 Å². The molecule has 1 saturated heterocycles. The SMILES string of the molecule is CN1CC(c2cnn3c(N)cc(CN4CCSCC4)nc23)=Cc2ccccc21. The maximum Gasteiger partial charge on any atom is 0.165 e. The van der Waals surface area contributed by atoms with E-state index in [1.165, 1.54) is 28.3 Å². The number of thioether (sulfide) groups is 1. The molecule has 1 aromatic carbocycles. The molecule has 0 unspecified atom stereocenters. The molecule has 2 aromatic heterocycles. The standard InChI is InChI=1S/C21H24N6S/c1-25-13-16(10-15-4-2-3-5-19(15)25)18-12-23-27-20(22)11-17(24-21(18)27)14-26-6-8-28-9-7-26/h2-5,10-12H,6-9,13-14,22H2,1H3. The van der Waals surface area contributed by atoms with E-state index in [0.717, 1.165) is 43.1 Å². The molecular weight excluding hydrogens is 368 g/mol. The molecule has 0 bridgehead atoms. The predicted octanol–water partition coefficient (Wildman–Crippen LogP) is 2.85. The third-order valence-corrected chi connectivity index (χ3v) is 6.42. The number of likely N-dealkylation sites (N-methyl/N-ethyl adjacent to an activating group) is 1. The molecule has 4 heterocycles. The number of hydrogen-bond acceptors (Lipinski definition) is 6. The van der Waals surface area contributed by atoms with Gasteiger partial charge in [0.2, 0.25) is 0 Å². The molecule has 7 heteroatoms. The molecule has 2 N–H and O–H groups in total. The summed E-state index contributed by atoms with van der Waals surface area (Å²) in [4.78, 5) is 9.68. The molecule has 1 fully saturated rings. The summed E-state index contributed by atoms with van der Waals surface area (Å²) in [6.45, 7) is 3.88. The van der Waals surface area contributed by atoms with E-state index in [2.05, 4.69) is 52.3 Å². The van der Waals surface area contributed by atoms with Crippen molar-refractivity contribution in [3.63, 3.8) is 0 Å². The Balaban J connectivity index is 1.54. The van der Waals surface area contributed by atoms with E-state index in [1.54, 1.807) is 4.52 Å². The van der Waals surface area contributed by atoms with Gasteiger partial charge in [-0.1, -0.05) is 18.2 Å². The zero-order valence-corrected chi connectivity index (χ0v) is 16.8. The topological polar surface area (TPSA) is 62.7 Å². The molecule has 2 aliphatic rings. The smallest absolute Gasteiger partial charge is 0.165 e. The first kappa shape index (κ1) is 17.6. The van der Waals surface area contributed by atoms with Crippen LogP contribution in [0.2, 0.25) is 0 Å². The third kappa shape index (κ3) is 3.14. The first-order valence-electron chi connectivity index (χ1n) is 9.63. The maximum absolute atomic E-state index is 6.32. The predicted molar refractivity (Wildman–Crippen MR) is 118 cm³/mol. The zero-order chi connectivity index (χ0) is 19.1. The highest BCUT2D eigenvalue weighted by molar-refractivity contribution is 7.99. The van der Waals surface area contributed by atoms with Crippen molar-refractivity contribution in [2.75, 3.05) is 48.8 Å². The highest BCUT2D eigenvalue weighted by atomic mass is 32.2. The lowest BCUT2D eigenvalue weighted by Gasteiger charge is -2.27. The Hall–Kier alpha value is -2.51. The van der Waals surface area contributed by atoms with Crippen LogP contribution in [0.4, 0.5) is 11.5 Å². The highest BCUT2D eigenvalue weighted by Gasteiger charge is 2.20. The van der Waals surface area contributed by atoms with Crippen molar-refractivity contribution in [3.8, 4) is 0 Å². The largest absolute Gasteiger partial charge is 0.384 e. The molecule has 3 aromatic rings. The summed E-state index contributed by atoms with van der Waals surface area (Å²) in [5, 5.41) is 4.52. The molecule has 6 nitrogen and oxygen atoms in total. The third-order valence-electron chi connectivity index (χ3n) is 5.47. The van der Waals surface area contributed by atoms with Crippen LogP contribution in [0.15, 0.2) is 36.5 Å². The molecule has 0 aliphatic carbocycles. The van der Waals surface area contributed by atoms with Gasteiger partial charge < -0.3 is 10.6 Å². The van der Waals surface area contributed by atoms with Crippen molar-refractivity contribution < 1.29 is 0 Å². The minimum absolute atomic E-state index is 0.641. The molecule has 144 valence electrons. The van der Waals surface area contributed by atoms with E-state index >= 15 is 0 Å². The van der Waals surface area contributed by atoms with Crippen molar-refractivity contribution in [2.24, 2.45) is 0 Å². The molecule has 5 rings (SSSR count). The minimum atomic E-state index is 0.641. The zero-order valence-electron chi connectivity index (χ0n) is 16.0. The van der Waals surface area contributed by atoms with Gasteiger partial charge in [-0.2, -0.15) is 21.4 Å². The fourth-order valence-electron chi connectivity index (χ4n) is 4.03. The van der Waals surface area contributed by atoms with Gasteiger partial charge in [0.05, 0.1) is 11.9 Å². The monoisotopic (exact) mass is 392 g/mol. The van der Waals surface area contributed by atoms with Crippen LogP contribution in [0.5, 0.6) is 0 Å². The van der Waals surface area contributed by atoms with Gasteiger partial charge >= 0.3 is 0 Å². The van der Waals surface area contributed by atoms with Gasteiger partial charge in [0.1, 0.15) is 5.82 Å². The molecule has 0 amide bonds. The fourth-order valence-corrected chi connectivity index (χ4v) is 5.01. The van der Waals surface area contributed by atoms with Gasteiger partial charge in [-0.05, 0) is 23.3 Å². The lowest BCUT2D eigenvalue weighted by atomic mass is 9.99. The summed E-state index contributed by atoms with van der Waals surface area (Å²) in [5.74, 6) is 3.02. The average molecular weight is 393 g/mol. The summed E-state index contributed by atoms with van der Waals surface area (Å²) < 4.78 is 1.76. The maximum atomic E-state index is 6.32. The Morgan fingerprint density at radius 1 is 1.18 bits per heavy atom. The van der Waals surface area contributed by atoms with E-state index < -0.39 is 0 Å². The second kappa shape index (κ2) is 7.14. The Morgan fingerprint density at radius 2 is 2.00 bits per heavy atom. The van der Waals surface area contributed by atoms with Crippen LogP contribution in [0.3, 0.4) is 0 Å². The summed E-state index contributed by atoms with van der Waals surface area (Å²) in [6.07, 6.45) is 4.15. The number of para-hydroxylation sites is 1. The molecular formula is C21H24N6S. The number of aromatic nitrogens is 3. The lowest BCUT2D eigenvalue weighted by Crippen LogP contribution is -2.32. The normalized spacial score (nSPS) is 17.6. The number of nitrogens with zero attached hydrogens (tertiary/aromatic N) is 5. The van der Waals surface area contributed by atoms with E-state index in [0.29, 0.717) is 5.82 Å². The van der Waals surface area contributed by atoms with Crippen molar-refractivity contribution in [1.82, 2.24) is 19.5 Å². The van der Waals surface area contributed by atoms with Crippen molar-refractivity contribution in [3.05, 3.63) is 53.3 Å². The first-order valence-corrected chi connectivity index (χ1v) is 10.8. The number of rotatable bonds is 3. The highest BCUT2D eigenvalue weighted by Crippen LogP contribution is 2.33. The van der Waals surface area contributed by atoms with E-state index in [1.807, 2.05) is 24.0 Å². The second-order valence-electron chi connectivity index (χ2n) is 7.44. The van der Waals surface area contributed by atoms with Crippen LogP contribution in [0, 0.1) is 0 Å². The molecule has 2 aliphatic heterocycles. The van der Waals surface area contributed by atoms with Crippen LogP contribution in [-0.2, 0) is 6.54 Å².